The molecule has 0 bridgehead atoms. The smallest absolute Gasteiger partial charge is 0.231 e. The number of hydrogen-bond donors (Lipinski definition) is 0. The highest BCUT2D eigenvalue weighted by Crippen LogP contribution is 2.42. The van der Waals surface area contributed by atoms with E-state index in [9.17, 15) is 0 Å². The zero-order chi connectivity index (χ0) is 24.8. The average Bonchev–Trinajstić information content (AvgIpc) is 3.42. The normalized spacial score (nSPS) is 13.2. The van der Waals surface area contributed by atoms with Crippen molar-refractivity contribution in [3.63, 3.8) is 0 Å². The number of ether oxygens (including phenoxy) is 4. The second-order valence-electron chi connectivity index (χ2n) is 9.38. The van der Waals surface area contributed by atoms with E-state index in [-0.39, 0.29) is 6.79 Å². The van der Waals surface area contributed by atoms with Gasteiger partial charge in [-0.25, -0.2) is 0 Å². The summed E-state index contributed by atoms with van der Waals surface area (Å²) in [6, 6.07) is 29.4. The topological polar surface area (TPSA) is 40.8 Å². The Kier molecular flexibility index (Phi) is 5.21. The van der Waals surface area contributed by atoms with Gasteiger partial charge in [0.2, 0.25) is 12.5 Å². The predicted octanol–water partition coefficient (Wildman–Crippen LogP) is 6.33. The quantitative estimate of drug-likeness (QED) is 0.271. The first-order valence-electron chi connectivity index (χ1n) is 12.5. The lowest BCUT2D eigenvalue weighted by Gasteiger charge is -2.18. The summed E-state index contributed by atoms with van der Waals surface area (Å²) < 4.78 is 25.8. The van der Waals surface area contributed by atoms with Gasteiger partial charge in [0.1, 0.15) is 6.61 Å². The fourth-order valence-corrected chi connectivity index (χ4v) is 5.40. The van der Waals surface area contributed by atoms with Gasteiger partial charge in [0.25, 0.3) is 0 Å². The number of aromatic nitrogens is 1. The molecule has 0 N–H and O–H groups in total. The van der Waals surface area contributed by atoms with Gasteiger partial charge in [-0.1, -0.05) is 54.6 Å². The standard InChI is InChI=1S/C32H26NO4/c1-34-29-12-11-22-15-28-26-17-31-30(36-20-37-31)16-23(26)13-14-33(28)18-27(22)32(29)35-19-24-9-5-6-10-25(24)21-7-3-2-4-8-21/h2-12,15-18H,13-14,19-20H2,1H3/q+1. The van der Waals surface area contributed by atoms with Crippen molar-refractivity contribution in [2.45, 2.75) is 19.6 Å². The summed E-state index contributed by atoms with van der Waals surface area (Å²) in [7, 11) is 1.69. The molecule has 4 aromatic carbocycles. The molecule has 0 unspecified atom stereocenters. The van der Waals surface area contributed by atoms with Crippen molar-refractivity contribution >= 4 is 10.8 Å². The van der Waals surface area contributed by atoms with Crippen molar-refractivity contribution in [3.05, 3.63) is 102 Å². The lowest BCUT2D eigenvalue weighted by Crippen LogP contribution is -2.40. The largest absolute Gasteiger partial charge is 0.493 e. The predicted molar refractivity (Wildman–Crippen MR) is 142 cm³/mol. The van der Waals surface area contributed by atoms with Gasteiger partial charge in [-0.05, 0) is 51.9 Å². The number of methoxy groups -OCH3 is 1. The Labute approximate surface area is 215 Å². The minimum Gasteiger partial charge on any atom is -0.493 e. The van der Waals surface area contributed by atoms with Crippen LogP contribution in [0.1, 0.15) is 11.1 Å². The van der Waals surface area contributed by atoms with E-state index in [1.165, 1.54) is 22.3 Å². The molecule has 5 heteroatoms. The van der Waals surface area contributed by atoms with Crippen LogP contribution in [-0.2, 0) is 19.6 Å². The van der Waals surface area contributed by atoms with E-state index in [4.69, 9.17) is 18.9 Å². The first-order chi connectivity index (χ1) is 18.3. The molecule has 2 aliphatic heterocycles. The van der Waals surface area contributed by atoms with Crippen LogP contribution in [0.4, 0.5) is 0 Å². The average molecular weight is 489 g/mol. The van der Waals surface area contributed by atoms with Crippen molar-refractivity contribution in [1.82, 2.24) is 0 Å². The second kappa shape index (κ2) is 8.86. The van der Waals surface area contributed by atoms with Crippen LogP contribution in [0, 0.1) is 0 Å². The van der Waals surface area contributed by atoms with E-state index >= 15 is 0 Å². The Morgan fingerprint density at radius 1 is 0.838 bits per heavy atom. The van der Waals surface area contributed by atoms with Gasteiger partial charge in [0.05, 0.1) is 18.1 Å². The van der Waals surface area contributed by atoms with E-state index < -0.39 is 0 Å². The van der Waals surface area contributed by atoms with Crippen LogP contribution in [0.25, 0.3) is 33.2 Å². The number of nitrogens with zero attached hydrogens (tertiary/aromatic N) is 1. The molecule has 5 aromatic rings. The first kappa shape index (κ1) is 21.7. The number of benzene rings is 4. The minimum atomic E-state index is 0.282. The van der Waals surface area contributed by atoms with Crippen molar-refractivity contribution in [2.24, 2.45) is 0 Å². The van der Waals surface area contributed by atoms with Crippen LogP contribution < -0.4 is 23.5 Å². The molecule has 0 aliphatic carbocycles. The molecule has 5 nitrogen and oxygen atoms in total. The Hall–Kier alpha value is -4.51. The van der Waals surface area contributed by atoms with Crippen LogP contribution >= 0.6 is 0 Å². The van der Waals surface area contributed by atoms with Gasteiger partial charge < -0.3 is 18.9 Å². The highest BCUT2D eigenvalue weighted by molar-refractivity contribution is 5.91. The van der Waals surface area contributed by atoms with E-state index in [2.05, 4.69) is 83.6 Å². The molecule has 0 saturated heterocycles. The molecule has 0 atom stereocenters. The molecule has 0 spiro atoms. The Morgan fingerprint density at radius 2 is 1.65 bits per heavy atom. The summed E-state index contributed by atoms with van der Waals surface area (Å²) >= 11 is 0. The summed E-state index contributed by atoms with van der Waals surface area (Å²) in [4.78, 5) is 0. The van der Waals surface area contributed by atoms with Crippen molar-refractivity contribution in [3.8, 4) is 45.4 Å². The Balaban J connectivity index is 1.29. The molecule has 0 fully saturated rings. The minimum absolute atomic E-state index is 0.282. The SMILES string of the molecule is COc1ccc2cc3[n+](cc2c1OCc1ccccc1-c1ccccc1)CCc1cc2c(cc1-3)OCO2. The third-order valence-electron chi connectivity index (χ3n) is 7.27. The van der Waals surface area contributed by atoms with Crippen LogP contribution in [0.5, 0.6) is 23.0 Å². The number of hydrogen-bond acceptors (Lipinski definition) is 4. The van der Waals surface area contributed by atoms with Crippen LogP contribution in [0.3, 0.4) is 0 Å². The summed E-state index contributed by atoms with van der Waals surface area (Å²) in [5.74, 6) is 3.13. The number of aryl methyl sites for hydroxylation is 2. The molecule has 182 valence electrons. The van der Waals surface area contributed by atoms with E-state index in [0.717, 1.165) is 58.0 Å². The lowest BCUT2D eigenvalue weighted by atomic mass is 9.95. The van der Waals surface area contributed by atoms with Gasteiger partial charge in [0.15, 0.2) is 35.7 Å². The monoisotopic (exact) mass is 488 g/mol. The molecular weight excluding hydrogens is 462 g/mol. The second-order valence-corrected chi connectivity index (χ2v) is 9.38. The Morgan fingerprint density at radius 3 is 2.51 bits per heavy atom. The Bertz CT molecular complexity index is 1640. The summed E-state index contributed by atoms with van der Waals surface area (Å²) in [6.45, 7) is 1.60. The third kappa shape index (κ3) is 3.75. The zero-order valence-electron chi connectivity index (χ0n) is 20.6. The maximum atomic E-state index is 6.54. The molecule has 2 aliphatic rings. The van der Waals surface area contributed by atoms with Crippen LogP contribution in [-0.4, -0.2) is 13.9 Å². The molecule has 37 heavy (non-hydrogen) atoms. The van der Waals surface area contributed by atoms with E-state index in [0.29, 0.717) is 6.61 Å². The van der Waals surface area contributed by atoms with Crippen molar-refractivity contribution in [2.75, 3.05) is 13.9 Å². The maximum absolute atomic E-state index is 6.54. The fourth-order valence-electron chi connectivity index (χ4n) is 5.40. The van der Waals surface area contributed by atoms with Gasteiger partial charge in [-0.2, -0.15) is 4.57 Å². The highest BCUT2D eigenvalue weighted by atomic mass is 16.7. The molecule has 0 radical (unpaired) electrons. The van der Waals surface area contributed by atoms with E-state index in [1.807, 2.05) is 12.1 Å². The summed E-state index contributed by atoms with van der Waals surface area (Å²) in [5, 5.41) is 2.13. The van der Waals surface area contributed by atoms with Crippen LogP contribution in [0.2, 0.25) is 0 Å². The third-order valence-corrected chi connectivity index (χ3v) is 7.27. The van der Waals surface area contributed by atoms with Gasteiger partial charge in [0, 0.05) is 12.5 Å². The van der Waals surface area contributed by atoms with Gasteiger partial charge in [-0.15, -0.1) is 0 Å². The number of fused-ring (bicyclic) bond motifs is 5. The summed E-state index contributed by atoms with van der Waals surface area (Å²) in [6.07, 6.45) is 3.12. The van der Waals surface area contributed by atoms with E-state index in [1.54, 1.807) is 7.11 Å². The molecular formula is C32H26NO4+. The number of rotatable bonds is 5. The molecule has 1 aromatic heterocycles. The number of pyridine rings is 1. The van der Waals surface area contributed by atoms with Crippen molar-refractivity contribution < 1.29 is 23.5 Å². The first-order valence-corrected chi connectivity index (χ1v) is 12.5. The molecule has 3 heterocycles. The fraction of sp³-hybridized carbons (Fsp3) is 0.156. The van der Waals surface area contributed by atoms with Gasteiger partial charge in [-0.3, -0.25) is 0 Å². The summed E-state index contributed by atoms with van der Waals surface area (Å²) in [5.41, 5.74) is 7.11. The van der Waals surface area contributed by atoms with Crippen molar-refractivity contribution in [1.29, 1.82) is 0 Å². The van der Waals surface area contributed by atoms with Gasteiger partial charge >= 0.3 is 0 Å². The maximum Gasteiger partial charge on any atom is 0.231 e. The molecule has 0 saturated carbocycles. The van der Waals surface area contributed by atoms with Crippen LogP contribution in [0.15, 0.2) is 91.1 Å². The highest BCUT2D eigenvalue weighted by Gasteiger charge is 2.28. The molecule has 7 rings (SSSR count). The lowest BCUT2D eigenvalue weighted by molar-refractivity contribution is -0.686. The molecule has 0 amide bonds. The zero-order valence-corrected chi connectivity index (χ0v) is 20.6.